The Labute approximate surface area is 120 Å². The SMILES string of the molecule is O=C(Nc1ccncc1)C1CC(c2ccc(F)cc2)=NO1. The number of carbonyl (C=O) groups is 1. The van der Waals surface area contributed by atoms with Crippen LogP contribution in [0.4, 0.5) is 10.1 Å². The van der Waals surface area contributed by atoms with Crippen molar-refractivity contribution in [3.63, 3.8) is 0 Å². The maximum Gasteiger partial charge on any atom is 0.268 e. The van der Waals surface area contributed by atoms with Crippen molar-refractivity contribution in [1.82, 2.24) is 4.98 Å². The minimum Gasteiger partial charge on any atom is -0.382 e. The van der Waals surface area contributed by atoms with Crippen LogP contribution in [0.2, 0.25) is 0 Å². The topological polar surface area (TPSA) is 63.6 Å². The van der Waals surface area contributed by atoms with Crippen LogP contribution < -0.4 is 5.32 Å². The molecule has 21 heavy (non-hydrogen) atoms. The van der Waals surface area contributed by atoms with Crippen molar-refractivity contribution in [3.05, 3.63) is 60.2 Å². The molecule has 1 unspecified atom stereocenters. The molecule has 3 rings (SSSR count). The van der Waals surface area contributed by atoms with Crippen LogP contribution >= 0.6 is 0 Å². The van der Waals surface area contributed by atoms with Crippen LogP contribution in [0.15, 0.2) is 53.9 Å². The third-order valence-corrected chi connectivity index (χ3v) is 3.09. The van der Waals surface area contributed by atoms with E-state index in [2.05, 4.69) is 15.5 Å². The van der Waals surface area contributed by atoms with Crippen LogP contribution in [0.25, 0.3) is 0 Å². The highest BCUT2D eigenvalue weighted by Crippen LogP contribution is 2.18. The second-order valence-corrected chi connectivity index (χ2v) is 4.57. The van der Waals surface area contributed by atoms with E-state index in [-0.39, 0.29) is 11.7 Å². The molecule has 2 aromatic rings. The third kappa shape index (κ3) is 3.05. The number of hydrogen-bond donors (Lipinski definition) is 1. The first-order valence-corrected chi connectivity index (χ1v) is 6.42. The van der Waals surface area contributed by atoms with Gasteiger partial charge < -0.3 is 10.2 Å². The average Bonchev–Trinajstić information content (AvgIpc) is 2.99. The first kappa shape index (κ1) is 13.2. The summed E-state index contributed by atoms with van der Waals surface area (Å²) in [4.78, 5) is 21.1. The maximum absolute atomic E-state index is 12.9. The Morgan fingerprint density at radius 1 is 1.19 bits per heavy atom. The zero-order valence-corrected chi connectivity index (χ0v) is 11.0. The van der Waals surface area contributed by atoms with E-state index in [1.165, 1.54) is 12.1 Å². The van der Waals surface area contributed by atoms with E-state index in [1.54, 1.807) is 36.7 Å². The Hall–Kier alpha value is -2.76. The Kier molecular flexibility index (Phi) is 3.59. The Morgan fingerprint density at radius 3 is 2.62 bits per heavy atom. The largest absolute Gasteiger partial charge is 0.382 e. The molecule has 0 aliphatic carbocycles. The third-order valence-electron chi connectivity index (χ3n) is 3.09. The molecule has 1 aromatic heterocycles. The summed E-state index contributed by atoms with van der Waals surface area (Å²) >= 11 is 0. The molecular weight excluding hydrogens is 273 g/mol. The second kappa shape index (κ2) is 5.70. The average molecular weight is 285 g/mol. The van der Waals surface area contributed by atoms with Gasteiger partial charge in [-0.3, -0.25) is 9.78 Å². The molecule has 1 aliphatic heterocycles. The molecular formula is C15H12FN3O2. The Bertz CT molecular complexity index is 671. The number of amides is 1. The van der Waals surface area contributed by atoms with Crippen LogP contribution in [0.1, 0.15) is 12.0 Å². The standard InChI is InChI=1S/C15H12FN3O2/c16-11-3-1-10(2-4-11)13-9-14(21-19-13)15(20)18-12-5-7-17-8-6-12/h1-8,14H,9H2,(H,17,18,20). The van der Waals surface area contributed by atoms with Gasteiger partial charge in [-0.15, -0.1) is 0 Å². The molecule has 1 atom stereocenters. The molecule has 0 saturated heterocycles. The number of halogens is 1. The zero-order valence-electron chi connectivity index (χ0n) is 11.0. The van der Waals surface area contributed by atoms with Gasteiger partial charge in [0.2, 0.25) is 6.10 Å². The normalized spacial score (nSPS) is 17.0. The number of pyridine rings is 1. The van der Waals surface area contributed by atoms with Crippen LogP contribution in [0.5, 0.6) is 0 Å². The van der Waals surface area contributed by atoms with Gasteiger partial charge in [-0.1, -0.05) is 17.3 Å². The highest BCUT2D eigenvalue weighted by atomic mass is 19.1. The molecule has 6 heteroatoms. The summed E-state index contributed by atoms with van der Waals surface area (Å²) < 4.78 is 12.9. The monoisotopic (exact) mass is 285 g/mol. The summed E-state index contributed by atoms with van der Waals surface area (Å²) in [7, 11) is 0. The molecule has 106 valence electrons. The molecule has 0 bridgehead atoms. The van der Waals surface area contributed by atoms with Gasteiger partial charge in [0.25, 0.3) is 5.91 Å². The van der Waals surface area contributed by atoms with Gasteiger partial charge in [-0.05, 0) is 29.8 Å². The van der Waals surface area contributed by atoms with Gasteiger partial charge >= 0.3 is 0 Å². The van der Waals surface area contributed by atoms with Crippen molar-refractivity contribution < 1.29 is 14.0 Å². The molecule has 5 nitrogen and oxygen atoms in total. The lowest BCUT2D eigenvalue weighted by atomic mass is 10.0. The molecule has 1 aromatic carbocycles. The molecule has 0 fully saturated rings. The highest BCUT2D eigenvalue weighted by Gasteiger charge is 2.28. The van der Waals surface area contributed by atoms with Crippen molar-refractivity contribution >= 4 is 17.3 Å². The predicted molar refractivity (Wildman–Crippen MR) is 75.3 cm³/mol. The van der Waals surface area contributed by atoms with Gasteiger partial charge in [0, 0.05) is 24.5 Å². The van der Waals surface area contributed by atoms with E-state index in [0.717, 1.165) is 5.56 Å². The summed E-state index contributed by atoms with van der Waals surface area (Å²) in [6, 6.07) is 9.30. The zero-order chi connectivity index (χ0) is 14.7. The van der Waals surface area contributed by atoms with Crippen LogP contribution in [-0.4, -0.2) is 22.7 Å². The number of nitrogens with zero attached hydrogens (tertiary/aromatic N) is 2. The second-order valence-electron chi connectivity index (χ2n) is 4.57. The molecule has 1 N–H and O–H groups in total. The summed E-state index contributed by atoms with van der Waals surface area (Å²) in [6.45, 7) is 0. The first-order chi connectivity index (χ1) is 10.2. The summed E-state index contributed by atoms with van der Waals surface area (Å²) in [5.74, 6) is -0.590. The number of rotatable bonds is 3. The molecule has 0 spiro atoms. The fourth-order valence-electron chi connectivity index (χ4n) is 1.99. The number of aromatic nitrogens is 1. The van der Waals surface area contributed by atoms with Gasteiger partial charge in [-0.25, -0.2) is 4.39 Å². The summed E-state index contributed by atoms with van der Waals surface area (Å²) in [5, 5.41) is 6.63. The van der Waals surface area contributed by atoms with Crippen molar-refractivity contribution in [2.75, 3.05) is 5.32 Å². The number of benzene rings is 1. The predicted octanol–water partition coefficient (Wildman–Crippen LogP) is 2.35. The van der Waals surface area contributed by atoms with Crippen molar-refractivity contribution in [2.45, 2.75) is 12.5 Å². The number of anilines is 1. The van der Waals surface area contributed by atoms with Gasteiger partial charge in [0.05, 0.1) is 5.71 Å². The smallest absolute Gasteiger partial charge is 0.268 e. The van der Waals surface area contributed by atoms with Crippen LogP contribution in [0.3, 0.4) is 0 Å². The first-order valence-electron chi connectivity index (χ1n) is 6.42. The van der Waals surface area contributed by atoms with Gasteiger partial charge in [0.15, 0.2) is 0 Å². The number of carbonyl (C=O) groups excluding carboxylic acids is 1. The lowest BCUT2D eigenvalue weighted by molar-refractivity contribution is -0.125. The quantitative estimate of drug-likeness (QED) is 0.941. The van der Waals surface area contributed by atoms with Crippen molar-refractivity contribution in [2.24, 2.45) is 5.16 Å². The fourth-order valence-corrected chi connectivity index (χ4v) is 1.99. The van der Waals surface area contributed by atoms with Crippen LogP contribution in [-0.2, 0) is 9.63 Å². The van der Waals surface area contributed by atoms with Crippen molar-refractivity contribution in [1.29, 1.82) is 0 Å². The van der Waals surface area contributed by atoms with E-state index in [9.17, 15) is 9.18 Å². The number of hydrogen-bond acceptors (Lipinski definition) is 4. The minimum absolute atomic E-state index is 0.276. The molecule has 1 aliphatic rings. The fraction of sp³-hybridized carbons (Fsp3) is 0.133. The van der Waals surface area contributed by atoms with E-state index in [4.69, 9.17) is 4.84 Å². The molecule has 1 amide bonds. The maximum atomic E-state index is 12.9. The van der Waals surface area contributed by atoms with E-state index < -0.39 is 6.10 Å². The number of oxime groups is 1. The van der Waals surface area contributed by atoms with Gasteiger partial charge in [0.1, 0.15) is 5.82 Å². The molecule has 2 heterocycles. The lowest BCUT2D eigenvalue weighted by Crippen LogP contribution is -2.28. The van der Waals surface area contributed by atoms with Gasteiger partial charge in [-0.2, -0.15) is 0 Å². The van der Waals surface area contributed by atoms with E-state index >= 15 is 0 Å². The summed E-state index contributed by atoms with van der Waals surface area (Å²) in [5.41, 5.74) is 2.02. The highest BCUT2D eigenvalue weighted by molar-refractivity contribution is 6.06. The van der Waals surface area contributed by atoms with E-state index in [1.807, 2.05) is 0 Å². The molecule has 0 radical (unpaired) electrons. The molecule has 0 saturated carbocycles. The Balaban J connectivity index is 1.63. The van der Waals surface area contributed by atoms with Crippen LogP contribution in [0, 0.1) is 5.82 Å². The minimum atomic E-state index is -0.682. The van der Waals surface area contributed by atoms with Crippen molar-refractivity contribution in [3.8, 4) is 0 Å². The lowest BCUT2D eigenvalue weighted by Gasteiger charge is -2.09. The van der Waals surface area contributed by atoms with E-state index in [0.29, 0.717) is 17.8 Å². The number of nitrogens with one attached hydrogen (secondary N) is 1. The Morgan fingerprint density at radius 2 is 1.90 bits per heavy atom. The summed E-state index contributed by atoms with van der Waals surface area (Å²) in [6.07, 6.45) is 2.85.